The molecule has 1 aromatic rings. The number of benzene rings is 1. The number of aromatic carboxylic acids is 1. The first-order valence-corrected chi connectivity index (χ1v) is 5.76. The molecule has 1 atom stereocenters. The number of hydrogen-bond acceptors (Lipinski definition) is 2. The predicted octanol–water partition coefficient (Wildman–Crippen LogP) is 2.71. The second-order valence-corrected chi connectivity index (χ2v) is 2.01. The van der Waals surface area contributed by atoms with Gasteiger partial charge in [-0.1, -0.05) is 38.7 Å². The van der Waals surface area contributed by atoms with Crippen LogP contribution in [0.2, 0.25) is 0 Å². The van der Waals surface area contributed by atoms with Crippen molar-refractivity contribution in [2.45, 2.75) is 13.8 Å². The molecular weight excluding hydrogens is 211 g/mol. The zero-order valence-electron chi connectivity index (χ0n) is 9.23. The summed E-state index contributed by atoms with van der Waals surface area (Å²) in [4.78, 5) is 20.7. The first-order valence-electron chi connectivity index (χ1n) is 4.61. The second kappa shape index (κ2) is 10.9. The van der Waals surface area contributed by atoms with Gasteiger partial charge in [-0.05, 0) is 6.07 Å². The average molecular weight is 228 g/mol. The van der Waals surface area contributed by atoms with E-state index in [9.17, 15) is 9.59 Å². The van der Waals surface area contributed by atoms with Gasteiger partial charge in [-0.15, -0.1) is 9.24 Å². The SMILES string of the molecule is CC.CP.O=Cc1ccccc1C(=O)O. The summed E-state index contributed by atoms with van der Waals surface area (Å²) in [6.07, 6.45) is 0.531. The largest absolute Gasteiger partial charge is 0.478 e. The highest BCUT2D eigenvalue weighted by atomic mass is 31.0. The lowest BCUT2D eigenvalue weighted by atomic mass is 10.1. The van der Waals surface area contributed by atoms with E-state index in [0.29, 0.717) is 6.29 Å². The summed E-state index contributed by atoms with van der Waals surface area (Å²) >= 11 is 0. The number of carboxylic acid groups (broad SMARTS) is 1. The van der Waals surface area contributed by atoms with Gasteiger partial charge in [-0.2, -0.15) is 0 Å². The Labute approximate surface area is 92.7 Å². The van der Waals surface area contributed by atoms with Gasteiger partial charge in [0.1, 0.15) is 0 Å². The van der Waals surface area contributed by atoms with E-state index in [1.165, 1.54) is 12.1 Å². The molecule has 4 heteroatoms. The lowest BCUT2D eigenvalue weighted by molar-refractivity contribution is 0.0694. The highest BCUT2D eigenvalue weighted by molar-refractivity contribution is 7.15. The number of carbonyl (C=O) groups is 2. The molecule has 0 amide bonds. The Bertz CT molecular complexity index is 298. The van der Waals surface area contributed by atoms with Gasteiger partial charge in [0.15, 0.2) is 6.29 Å². The molecular formula is C11H17O3P. The Morgan fingerprint density at radius 3 is 2.07 bits per heavy atom. The van der Waals surface area contributed by atoms with Gasteiger partial charge in [0.25, 0.3) is 0 Å². The Morgan fingerprint density at radius 1 is 1.27 bits per heavy atom. The molecule has 0 bridgehead atoms. The standard InChI is InChI=1S/C8H6O3.C2H6.CH5P/c9-5-6-3-1-2-4-7(6)8(10)11;2*1-2/h1-5H,(H,10,11);1-2H3;2H2,1H3. The van der Waals surface area contributed by atoms with Crippen LogP contribution in [-0.2, 0) is 0 Å². The van der Waals surface area contributed by atoms with E-state index in [-0.39, 0.29) is 11.1 Å². The molecule has 0 spiro atoms. The molecule has 0 heterocycles. The van der Waals surface area contributed by atoms with Crippen LogP contribution in [0.15, 0.2) is 24.3 Å². The van der Waals surface area contributed by atoms with E-state index in [1.54, 1.807) is 12.1 Å². The minimum atomic E-state index is -1.08. The second-order valence-electron chi connectivity index (χ2n) is 2.01. The minimum Gasteiger partial charge on any atom is -0.478 e. The normalized spacial score (nSPS) is 7.47. The highest BCUT2D eigenvalue weighted by Crippen LogP contribution is 2.04. The van der Waals surface area contributed by atoms with E-state index >= 15 is 0 Å². The molecule has 1 rings (SSSR count). The highest BCUT2D eigenvalue weighted by Gasteiger charge is 2.06. The summed E-state index contributed by atoms with van der Waals surface area (Å²) in [5, 5.41) is 8.54. The van der Waals surface area contributed by atoms with Crippen LogP contribution in [-0.4, -0.2) is 24.0 Å². The molecule has 1 aromatic carbocycles. The minimum absolute atomic E-state index is 0.0440. The first-order chi connectivity index (χ1) is 7.25. The van der Waals surface area contributed by atoms with Crippen molar-refractivity contribution in [2.24, 2.45) is 0 Å². The summed E-state index contributed by atoms with van der Waals surface area (Å²) < 4.78 is 0. The summed E-state index contributed by atoms with van der Waals surface area (Å²) in [6.45, 7) is 5.92. The lowest BCUT2D eigenvalue weighted by Crippen LogP contribution is -2.00. The third kappa shape index (κ3) is 5.97. The fourth-order valence-corrected chi connectivity index (χ4v) is 0.795. The van der Waals surface area contributed by atoms with Gasteiger partial charge >= 0.3 is 5.97 Å². The fraction of sp³-hybridized carbons (Fsp3) is 0.273. The number of carboxylic acids is 1. The van der Waals surface area contributed by atoms with Crippen LogP contribution in [0.5, 0.6) is 0 Å². The molecule has 0 aliphatic rings. The third-order valence-electron chi connectivity index (χ3n) is 1.32. The van der Waals surface area contributed by atoms with Crippen molar-refractivity contribution in [3.63, 3.8) is 0 Å². The summed E-state index contributed by atoms with van der Waals surface area (Å²) in [5.74, 6) is -1.08. The first kappa shape index (κ1) is 16.2. The monoisotopic (exact) mass is 228 g/mol. The van der Waals surface area contributed by atoms with Crippen LogP contribution in [0.4, 0.5) is 0 Å². The van der Waals surface area contributed by atoms with E-state index in [0.717, 1.165) is 0 Å². The topological polar surface area (TPSA) is 54.4 Å². The van der Waals surface area contributed by atoms with Crippen molar-refractivity contribution < 1.29 is 14.7 Å². The molecule has 0 aliphatic carbocycles. The number of rotatable bonds is 2. The van der Waals surface area contributed by atoms with Crippen molar-refractivity contribution in [3.8, 4) is 0 Å². The molecule has 0 aliphatic heterocycles. The molecule has 0 saturated heterocycles. The smallest absolute Gasteiger partial charge is 0.336 e. The summed E-state index contributed by atoms with van der Waals surface area (Å²) in [7, 11) is 2.42. The van der Waals surface area contributed by atoms with Crippen molar-refractivity contribution in [2.75, 3.05) is 6.66 Å². The van der Waals surface area contributed by atoms with Gasteiger partial charge < -0.3 is 5.11 Å². The Morgan fingerprint density at radius 2 is 1.73 bits per heavy atom. The maximum absolute atomic E-state index is 10.4. The van der Waals surface area contributed by atoms with E-state index in [4.69, 9.17) is 5.11 Å². The predicted molar refractivity (Wildman–Crippen MR) is 65.8 cm³/mol. The fourth-order valence-electron chi connectivity index (χ4n) is 0.795. The molecule has 1 unspecified atom stereocenters. The molecule has 3 nitrogen and oxygen atoms in total. The zero-order valence-corrected chi connectivity index (χ0v) is 10.4. The number of aldehydes is 1. The maximum Gasteiger partial charge on any atom is 0.336 e. The van der Waals surface area contributed by atoms with Gasteiger partial charge in [-0.3, -0.25) is 4.79 Å². The van der Waals surface area contributed by atoms with E-state index < -0.39 is 5.97 Å². The molecule has 0 fully saturated rings. The van der Waals surface area contributed by atoms with Gasteiger partial charge in [0.2, 0.25) is 0 Å². The summed E-state index contributed by atoms with van der Waals surface area (Å²) in [6, 6.07) is 6.06. The van der Waals surface area contributed by atoms with Gasteiger partial charge in [0.05, 0.1) is 5.56 Å². The Kier molecular flexibility index (Phi) is 11.8. The summed E-state index contributed by atoms with van der Waals surface area (Å²) in [5.41, 5.74) is 0.252. The Hall–Kier alpha value is -1.21. The van der Waals surface area contributed by atoms with E-state index in [2.05, 4.69) is 9.24 Å². The van der Waals surface area contributed by atoms with Gasteiger partial charge in [-0.25, -0.2) is 4.79 Å². The van der Waals surface area contributed by atoms with Gasteiger partial charge in [0, 0.05) is 5.56 Å². The van der Waals surface area contributed by atoms with Crippen molar-refractivity contribution in [1.29, 1.82) is 0 Å². The van der Waals surface area contributed by atoms with Crippen LogP contribution in [0, 0.1) is 0 Å². The van der Waals surface area contributed by atoms with Crippen molar-refractivity contribution >= 4 is 21.5 Å². The quantitative estimate of drug-likeness (QED) is 0.625. The Balaban J connectivity index is 0. The van der Waals surface area contributed by atoms with Crippen LogP contribution in [0.3, 0.4) is 0 Å². The maximum atomic E-state index is 10.4. The average Bonchev–Trinajstić information content (AvgIpc) is 2.34. The third-order valence-corrected chi connectivity index (χ3v) is 1.32. The molecule has 0 saturated carbocycles. The van der Waals surface area contributed by atoms with Crippen molar-refractivity contribution in [1.82, 2.24) is 0 Å². The van der Waals surface area contributed by atoms with Crippen LogP contribution >= 0.6 is 9.24 Å². The van der Waals surface area contributed by atoms with Crippen molar-refractivity contribution in [3.05, 3.63) is 35.4 Å². The molecule has 84 valence electrons. The molecule has 0 aromatic heterocycles. The number of carbonyl (C=O) groups excluding carboxylic acids is 1. The van der Waals surface area contributed by atoms with Crippen LogP contribution < -0.4 is 0 Å². The number of hydrogen-bond donors (Lipinski definition) is 1. The lowest BCUT2D eigenvalue weighted by Gasteiger charge is -1.95. The van der Waals surface area contributed by atoms with Crippen LogP contribution in [0.25, 0.3) is 0 Å². The molecule has 0 radical (unpaired) electrons. The zero-order chi connectivity index (χ0) is 12.3. The van der Waals surface area contributed by atoms with E-state index in [1.807, 2.05) is 20.5 Å². The molecule has 15 heavy (non-hydrogen) atoms. The molecule has 1 N–H and O–H groups in total. The van der Waals surface area contributed by atoms with Crippen LogP contribution in [0.1, 0.15) is 34.6 Å².